The second-order valence-corrected chi connectivity index (χ2v) is 4.83. The lowest BCUT2D eigenvalue weighted by atomic mass is 10.1. The average molecular weight is 244 g/mol. The highest BCUT2D eigenvalue weighted by Crippen LogP contribution is 2.11. The van der Waals surface area contributed by atoms with Crippen molar-refractivity contribution >= 4 is 17.7 Å². The van der Waals surface area contributed by atoms with Gasteiger partial charge in [-0.15, -0.1) is 11.8 Å². The van der Waals surface area contributed by atoms with Crippen LogP contribution in [0, 0.1) is 0 Å². The first-order chi connectivity index (χ1) is 7.81. The average Bonchev–Trinajstić information content (AvgIpc) is 2.31. The van der Waals surface area contributed by atoms with E-state index in [9.17, 15) is 4.79 Å². The van der Waals surface area contributed by atoms with Gasteiger partial charge in [0.15, 0.2) is 0 Å². The minimum absolute atomic E-state index is 0.271. The Balaban J connectivity index is 3.09. The molecule has 94 valence electrons. The Hall–Kier alpha value is -0.440. The maximum absolute atomic E-state index is 10.7. The predicted octanol–water partition coefficient (Wildman–Crippen LogP) is 4.16. The van der Waals surface area contributed by atoms with E-state index >= 15 is 0 Å². The van der Waals surface area contributed by atoms with Crippen molar-refractivity contribution in [3.05, 3.63) is 11.5 Å². The maximum atomic E-state index is 10.7. The summed E-state index contributed by atoms with van der Waals surface area (Å²) in [6.45, 7) is 2.24. The van der Waals surface area contributed by atoms with Gasteiger partial charge in [0, 0.05) is 6.08 Å². The van der Waals surface area contributed by atoms with E-state index in [1.807, 2.05) is 5.41 Å². The molecule has 0 aliphatic rings. The summed E-state index contributed by atoms with van der Waals surface area (Å²) >= 11 is 1.68. The topological polar surface area (TPSA) is 26.3 Å². The quantitative estimate of drug-likeness (QED) is 0.328. The van der Waals surface area contributed by atoms with Crippen LogP contribution in [0.4, 0.5) is 0 Å². The number of hydrogen-bond acceptors (Lipinski definition) is 3. The largest absolute Gasteiger partial charge is 0.466 e. The number of methoxy groups -OCH3 is 1. The van der Waals surface area contributed by atoms with E-state index in [0.717, 1.165) is 5.75 Å². The molecule has 0 rings (SSSR count). The van der Waals surface area contributed by atoms with Gasteiger partial charge in [-0.2, -0.15) is 0 Å². The van der Waals surface area contributed by atoms with Crippen LogP contribution in [-0.4, -0.2) is 18.8 Å². The van der Waals surface area contributed by atoms with Crippen molar-refractivity contribution in [3.8, 4) is 0 Å². The van der Waals surface area contributed by atoms with E-state index in [1.165, 1.54) is 58.1 Å². The summed E-state index contributed by atoms with van der Waals surface area (Å²) in [7, 11) is 1.40. The fourth-order valence-corrected chi connectivity index (χ4v) is 2.10. The lowest BCUT2D eigenvalue weighted by molar-refractivity contribution is -0.134. The Morgan fingerprint density at radius 3 is 2.38 bits per heavy atom. The van der Waals surface area contributed by atoms with Crippen LogP contribution in [0.2, 0.25) is 0 Å². The van der Waals surface area contributed by atoms with Crippen molar-refractivity contribution in [2.45, 2.75) is 51.9 Å². The lowest BCUT2D eigenvalue weighted by Crippen LogP contribution is -1.92. The molecule has 0 fully saturated rings. The highest BCUT2D eigenvalue weighted by atomic mass is 32.2. The van der Waals surface area contributed by atoms with Gasteiger partial charge in [0.25, 0.3) is 0 Å². The molecule has 0 saturated heterocycles. The molecule has 0 aromatic heterocycles. The number of esters is 1. The molecule has 0 aliphatic heterocycles. The SMILES string of the molecule is CCCCCCCCCS/C=C/C(=O)OC. The van der Waals surface area contributed by atoms with Gasteiger partial charge in [0.1, 0.15) is 0 Å². The van der Waals surface area contributed by atoms with E-state index < -0.39 is 0 Å². The Kier molecular flexibility index (Phi) is 12.3. The number of thioether (sulfide) groups is 1. The molecule has 0 radical (unpaired) electrons. The number of unbranched alkanes of at least 4 members (excludes halogenated alkanes) is 6. The summed E-state index contributed by atoms with van der Waals surface area (Å²) in [5.74, 6) is 0.827. The summed E-state index contributed by atoms with van der Waals surface area (Å²) in [5, 5.41) is 1.82. The van der Waals surface area contributed by atoms with Crippen LogP contribution in [0.15, 0.2) is 11.5 Å². The molecule has 2 nitrogen and oxygen atoms in total. The molecule has 0 aromatic carbocycles. The molecule has 0 unspecified atom stereocenters. The number of carbonyl (C=O) groups excluding carboxylic acids is 1. The summed E-state index contributed by atoms with van der Waals surface area (Å²) in [6.07, 6.45) is 10.8. The summed E-state index contributed by atoms with van der Waals surface area (Å²) in [6, 6.07) is 0. The van der Waals surface area contributed by atoms with Gasteiger partial charge in [0.2, 0.25) is 0 Å². The van der Waals surface area contributed by atoms with E-state index in [-0.39, 0.29) is 5.97 Å². The van der Waals surface area contributed by atoms with Crippen LogP contribution >= 0.6 is 11.8 Å². The van der Waals surface area contributed by atoms with Crippen molar-refractivity contribution in [1.29, 1.82) is 0 Å². The second-order valence-electron chi connectivity index (χ2n) is 3.82. The number of hydrogen-bond donors (Lipinski definition) is 0. The third kappa shape index (κ3) is 11.6. The molecule has 0 amide bonds. The van der Waals surface area contributed by atoms with Crippen LogP contribution in [0.5, 0.6) is 0 Å². The van der Waals surface area contributed by atoms with Gasteiger partial charge in [-0.05, 0) is 17.6 Å². The molecular weight excluding hydrogens is 220 g/mol. The first kappa shape index (κ1) is 15.6. The fraction of sp³-hybridized carbons (Fsp3) is 0.769. The van der Waals surface area contributed by atoms with Gasteiger partial charge < -0.3 is 4.74 Å². The van der Waals surface area contributed by atoms with E-state index in [4.69, 9.17) is 0 Å². The van der Waals surface area contributed by atoms with Crippen molar-refractivity contribution in [3.63, 3.8) is 0 Å². The van der Waals surface area contributed by atoms with Gasteiger partial charge in [-0.1, -0.05) is 45.4 Å². The van der Waals surface area contributed by atoms with Crippen LogP contribution in [0.25, 0.3) is 0 Å². The first-order valence-corrected chi connectivity index (χ1v) is 7.22. The second kappa shape index (κ2) is 12.6. The van der Waals surface area contributed by atoms with E-state index in [2.05, 4.69) is 11.7 Å². The molecule has 3 heteroatoms. The normalized spacial score (nSPS) is 10.9. The van der Waals surface area contributed by atoms with Gasteiger partial charge in [0.05, 0.1) is 7.11 Å². The number of rotatable bonds is 10. The molecule has 16 heavy (non-hydrogen) atoms. The Morgan fingerprint density at radius 2 is 1.75 bits per heavy atom. The van der Waals surface area contributed by atoms with Crippen molar-refractivity contribution in [2.24, 2.45) is 0 Å². The molecule has 0 atom stereocenters. The first-order valence-electron chi connectivity index (χ1n) is 6.17. The monoisotopic (exact) mass is 244 g/mol. The van der Waals surface area contributed by atoms with Crippen molar-refractivity contribution in [1.82, 2.24) is 0 Å². The molecule has 0 spiro atoms. The highest BCUT2D eigenvalue weighted by molar-refractivity contribution is 8.02. The third-order valence-corrected chi connectivity index (χ3v) is 3.22. The standard InChI is InChI=1S/C13H24O2S/c1-3-4-5-6-7-8-9-11-16-12-10-13(14)15-2/h10,12H,3-9,11H2,1-2H3/b12-10+. The number of ether oxygens (including phenoxy) is 1. The third-order valence-electron chi connectivity index (χ3n) is 2.37. The zero-order valence-electron chi connectivity index (χ0n) is 10.5. The van der Waals surface area contributed by atoms with Crippen LogP contribution < -0.4 is 0 Å². The predicted molar refractivity (Wildman–Crippen MR) is 71.6 cm³/mol. The highest BCUT2D eigenvalue weighted by Gasteiger charge is 1.92. The smallest absolute Gasteiger partial charge is 0.330 e. The number of carbonyl (C=O) groups is 1. The zero-order chi connectivity index (χ0) is 12.1. The Morgan fingerprint density at radius 1 is 1.12 bits per heavy atom. The lowest BCUT2D eigenvalue weighted by Gasteiger charge is -1.99. The van der Waals surface area contributed by atoms with Crippen LogP contribution in [0.1, 0.15) is 51.9 Å². The minimum atomic E-state index is -0.271. The zero-order valence-corrected chi connectivity index (χ0v) is 11.4. The van der Waals surface area contributed by atoms with Crippen molar-refractivity contribution in [2.75, 3.05) is 12.9 Å². The summed E-state index contributed by atoms with van der Waals surface area (Å²) in [5.41, 5.74) is 0. The molecule has 0 aromatic rings. The molecular formula is C13H24O2S. The van der Waals surface area contributed by atoms with E-state index in [0.29, 0.717) is 0 Å². The summed E-state index contributed by atoms with van der Waals surface area (Å²) in [4.78, 5) is 10.7. The van der Waals surface area contributed by atoms with Gasteiger partial charge >= 0.3 is 5.97 Å². The van der Waals surface area contributed by atoms with Gasteiger partial charge in [-0.25, -0.2) is 4.79 Å². The van der Waals surface area contributed by atoms with Crippen molar-refractivity contribution < 1.29 is 9.53 Å². The molecule has 0 bridgehead atoms. The van der Waals surface area contributed by atoms with Gasteiger partial charge in [-0.3, -0.25) is 0 Å². The van der Waals surface area contributed by atoms with E-state index in [1.54, 1.807) is 11.8 Å². The van der Waals surface area contributed by atoms with Crippen LogP contribution in [0.3, 0.4) is 0 Å². The molecule has 0 heterocycles. The summed E-state index contributed by atoms with van der Waals surface area (Å²) < 4.78 is 4.49. The maximum Gasteiger partial charge on any atom is 0.330 e. The fourth-order valence-electron chi connectivity index (χ4n) is 1.38. The molecule has 0 N–H and O–H groups in total. The Labute approximate surface area is 104 Å². The Bertz CT molecular complexity index is 190. The minimum Gasteiger partial charge on any atom is -0.466 e. The molecule has 0 aliphatic carbocycles. The molecule has 0 saturated carbocycles. The van der Waals surface area contributed by atoms with Crippen LogP contribution in [-0.2, 0) is 9.53 Å².